The number of carbonyl (C=O) groups is 6. The predicted octanol–water partition coefficient (Wildman–Crippen LogP) is 9.56. The van der Waals surface area contributed by atoms with Crippen LogP contribution in [0.25, 0.3) is 0 Å². The van der Waals surface area contributed by atoms with Gasteiger partial charge in [-0.05, 0) is 38.5 Å². The van der Waals surface area contributed by atoms with Crippen LogP contribution in [0.3, 0.4) is 0 Å². The molecule has 12 nitrogen and oxygen atoms in total. The second-order valence-electron chi connectivity index (χ2n) is 12.7. The van der Waals surface area contributed by atoms with Gasteiger partial charge in [-0.15, -0.1) is 0 Å². The summed E-state index contributed by atoms with van der Waals surface area (Å²) in [4.78, 5) is 61.3. The average Bonchev–Trinajstić information content (AvgIpc) is 3.01. The highest BCUT2D eigenvalue weighted by Crippen LogP contribution is 2.13. The van der Waals surface area contributed by atoms with E-state index in [-0.39, 0.29) is 38.5 Å². The molecule has 0 fully saturated rings. The molecule has 0 saturated carbocycles. The molecule has 0 aromatic carbocycles. The molecule has 0 bridgehead atoms. The van der Waals surface area contributed by atoms with Crippen LogP contribution in [0, 0.1) is 0 Å². The minimum Gasteiger partial charge on any atom is -0.481 e. The zero-order valence-electron chi connectivity index (χ0n) is 30.1. The molecule has 0 aromatic rings. The van der Waals surface area contributed by atoms with Crippen LogP contribution in [0.1, 0.15) is 199 Å². The summed E-state index contributed by atoms with van der Waals surface area (Å²) in [6.07, 6.45) is 26.9. The number of unbranched alkanes of at least 4 members (excludes halogenated alkanes) is 22. The van der Waals surface area contributed by atoms with E-state index in [1.165, 1.54) is 19.3 Å². The number of carboxylic acid groups (broad SMARTS) is 6. The predicted molar refractivity (Wildman–Crippen MR) is 189 cm³/mol. The van der Waals surface area contributed by atoms with Crippen molar-refractivity contribution in [3.05, 3.63) is 0 Å². The van der Waals surface area contributed by atoms with Gasteiger partial charge in [-0.3, -0.25) is 28.8 Å². The molecule has 6 N–H and O–H groups in total. The Morgan fingerprint density at radius 1 is 0.184 bits per heavy atom. The Kier molecular flexibility index (Phi) is 42.0. The second kappa shape index (κ2) is 41.0. The summed E-state index contributed by atoms with van der Waals surface area (Å²) in [6.45, 7) is 0. The summed E-state index contributed by atoms with van der Waals surface area (Å²) >= 11 is 0. The summed E-state index contributed by atoms with van der Waals surface area (Å²) in [5.41, 5.74) is 0. The third-order valence-corrected chi connectivity index (χ3v) is 7.84. The van der Waals surface area contributed by atoms with Gasteiger partial charge in [-0.1, -0.05) is 122 Å². The number of hydrogen-bond acceptors (Lipinski definition) is 6. The van der Waals surface area contributed by atoms with E-state index in [1.54, 1.807) is 0 Å². The monoisotopic (exact) mass is 704 g/mol. The van der Waals surface area contributed by atoms with E-state index in [0.717, 1.165) is 141 Å². The smallest absolute Gasteiger partial charge is 0.303 e. The Morgan fingerprint density at radius 2 is 0.265 bits per heavy atom. The highest BCUT2D eigenvalue weighted by Gasteiger charge is 2.01. The molecule has 0 radical (unpaired) electrons. The van der Waals surface area contributed by atoms with Gasteiger partial charge in [0.25, 0.3) is 0 Å². The molecule has 0 atom stereocenters. The molecule has 288 valence electrons. The first-order chi connectivity index (χ1) is 23.4. The van der Waals surface area contributed by atoms with E-state index in [1.807, 2.05) is 0 Å². The minimum atomic E-state index is -0.714. The number of hydrogen-bond donors (Lipinski definition) is 6. The van der Waals surface area contributed by atoms with Crippen molar-refractivity contribution >= 4 is 35.8 Å². The normalized spacial score (nSPS) is 10.3. The Labute approximate surface area is 294 Å². The van der Waals surface area contributed by atoms with E-state index in [0.29, 0.717) is 0 Å². The first-order valence-corrected chi connectivity index (χ1v) is 18.7. The van der Waals surface area contributed by atoms with Crippen molar-refractivity contribution in [2.45, 2.75) is 199 Å². The molecule has 0 aliphatic rings. The lowest BCUT2D eigenvalue weighted by atomic mass is 10.1. The maximum Gasteiger partial charge on any atom is 0.303 e. The van der Waals surface area contributed by atoms with Gasteiger partial charge >= 0.3 is 35.8 Å². The van der Waals surface area contributed by atoms with Crippen molar-refractivity contribution in [3.63, 3.8) is 0 Å². The molecule has 0 rings (SSSR count). The van der Waals surface area contributed by atoms with Gasteiger partial charge in [0, 0.05) is 38.5 Å². The van der Waals surface area contributed by atoms with Gasteiger partial charge in [-0.2, -0.15) is 0 Å². The van der Waals surface area contributed by atoms with Crippen LogP contribution in [0.2, 0.25) is 0 Å². The maximum atomic E-state index is 10.2. The molecule has 0 unspecified atom stereocenters. The van der Waals surface area contributed by atoms with E-state index in [2.05, 4.69) is 0 Å². The molecule has 0 aromatic heterocycles. The summed E-state index contributed by atoms with van der Waals surface area (Å²) in [5.74, 6) is -4.27. The highest BCUT2D eigenvalue weighted by atomic mass is 16.4. The van der Waals surface area contributed by atoms with Gasteiger partial charge < -0.3 is 30.6 Å². The van der Waals surface area contributed by atoms with Crippen LogP contribution in [0.15, 0.2) is 0 Å². The fraction of sp³-hybridized carbons (Fsp3) is 0.838. The van der Waals surface area contributed by atoms with Crippen molar-refractivity contribution in [1.29, 1.82) is 0 Å². The average molecular weight is 705 g/mol. The first kappa shape index (κ1) is 50.2. The summed E-state index contributed by atoms with van der Waals surface area (Å²) in [6, 6.07) is 0. The zero-order valence-corrected chi connectivity index (χ0v) is 30.1. The van der Waals surface area contributed by atoms with Gasteiger partial charge in [-0.25, -0.2) is 0 Å². The Morgan fingerprint density at radius 3 is 0.347 bits per heavy atom. The van der Waals surface area contributed by atoms with E-state index >= 15 is 0 Å². The second-order valence-corrected chi connectivity index (χ2v) is 12.7. The fourth-order valence-electron chi connectivity index (χ4n) is 5.02. The molecular weight excluding hydrogens is 636 g/mol. The lowest BCUT2D eigenvalue weighted by Crippen LogP contribution is -1.94. The van der Waals surface area contributed by atoms with Crippen molar-refractivity contribution in [2.24, 2.45) is 0 Å². The van der Waals surface area contributed by atoms with Crippen LogP contribution < -0.4 is 0 Å². The van der Waals surface area contributed by atoms with Crippen LogP contribution in [0.5, 0.6) is 0 Å². The van der Waals surface area contributed by atoms with Crippen LogP contribution in [-0.2, 0) is 28.8 Å². The third-order valence-electron chi connectivity index (χ3n) is 7.84. The number of aliphatic carboxylic acids is 6. The molecule has 49 heavy (non-hydrogen) atoms. The molecular formula is C37H68O12. The van der Waals surface area contributed by atoms with Gasteiger partial charge in [0.1, 0.15) is 0 Å². The van der Waals surface area contributed by atoms with Gasteiger partial charge in [0.05, 0.1) is 0 Å². The molecule has 0 aliphatic carbocycles. The first-order valence-electron chi connectivity index (χ1n) is 18.7. The third kappa shape index (κ3) is 60.6. The van der Waals surface area contributed by atoms with E-state index in [9.17, 15) is 28.8 Å². The summed E-state index contributed by atoms with van der Waals surface area (Å²) in [5, 5.41) is 50.5. The molecule has 12 heteroatoms. The highest BCUT2D eigenvalue weighted by molar-refractivity contribution is 5.68. The Hall–Kier alpha value is -3.18. The molecule has 0 spiro atoms. The van der Waals surface area contributed by atoms with Crippen LogP contribution >= 0.6 is 0 Å². The molecule has 0 saturated heterocycles. The van der Waals surface area contributed by atoms with Gasteiger partial charge in [0.2, 0.25) is 0 Å². The fourth-order valence-corrected chi connectivity index (χ4v) is 5.02. The Balaban J connectivity index is -0.000000648. The SMILES string of the molecule is O=C(O)CCCCCCCCCCC(=O)O.O=C(O)CCCCCCCCCCC(=O)O.O=C(O)CCCCCCCCCCCC(=O)O. The number of carboxylic acids is 6. The van der Waals surface area contributed by atoms with Crippen molar-refractivity contribution in [3.8, 4) is 0 Å². The van der Waals surface area contributed by atoms with E-state index in [4.69, 9.17) is 30.6 Å². The van der Waals surface area contributed by atoms with Crippen LogP contribution in [-0.4, -0.2) is 66.5 Å². The zero-order chi connectivity index (χ0) is 37.4. The lowest BCUT2D eigenvalue weighted by molar-refractivity contribution is -0.138. The van der Waals surface area contributed by atoms with Crippen molar-refractivity contribution in [2.75, 3.05) is 0 Å². The topological polar surface area (TPSA) is 224 Å². The molecule has 0 amide bonds. The minimum absolute atomic E-state index is 0.276. The molecule has 0 aliphatic heterocycles. The van der Waals surface area contributed by atoms with E-state index < -0.39 is 35.8 Å². The van der Waals surface area contributed by atoms with Crippen molar-refractivity contribution < 1.29 is 59.4 Å². The number of rotatable bonds is 34. The van der Waals surface area contributed by atoms with Crippen LogP contribution in [0.4, 0.5) is 0 Å². The summed E-state index contributed by atoms with van der Waals surface area (Å²) in [7, 11) is 0. The summed E-state index contributed by atoms with van der Waals surface area (Å²) < 4.78 is 0. The largest absolute Gasteiger partial charge is 0.481 e. The van der Waals surface area contributed by atoms with Crippen molar-refractivity contribution in [1.82, 2.24) is 0 Å². The maximum absolute atomic E-state index is 10.2. The van der Waals surface area contributed by atoms with Gasteiger partial charge in [0.15, 0.2) is 0 Å². The Bertz CT molecular complexity index is 718. The lowest BCUT2D eigenvalue weighted by Gasteiger charge is -2.01. The standard InChI is InChI=1S/C13H24O4.2C12H22O4/c14-12(15)10-8-6-4-2-1-3-5-7-9-11-13(16)17;2*13-11(14)9-7-5-3-1-2-4-6-8-10-12(15)16/h1-11H2,(H,14,15)(H,16,17);2*1-10H2,(H,13,14)(H,15,16). The quantitative estimate of drug-likeness (QED) is 0.0344. The molecule has 0 heterocycles.